The number of thioether (sulfide) groups is 1. The van der Waals surface area contributed by atoms with E-state index < -0.39 is 22.7 Å². The minimum Gasteiger partial charge on any atom is -0.439 e. The van der Waals surface area contributed by atoms with Gasteiger partial charge in [-0.3, -0.25) is 10.1 Å². The van der Waals surface area contributed by atoms with E-state index in [2.05, 4.69) is 9.98 Å². The molecule has 8 nitrogen and oxygen atoms in total. The lowest BCUT2D eigenvalue weighted by Crippen LogP contribution is -2.19. The Hall–Kier alpha value is -3.15. The smallest absolute Gasteiger partial charge is 0.417 e. The van der Waals surface area contributed by atoms with Crippen molar-refractivity contribution in [3.8, 4) is 11.6 Å². The van der Waals surface area contributed by atoms with Crippen molar-refractivity contribution in [2.24, 2.45) is 4.99 Å². The lowest BCUT2D eigenvalue weighted by atomic mass is 10.2. The quantitative estimate of drug-likeness (QED) is 0.306. The number of amides is 2. The molecule has 2 rings (SSSR count). The van der Waals surface area contributed by atoms with Crippen LogP contribution in [0.2, 0.25) is 0 Å². The molecule has 154 valence electrons. The molecule has 0 aliphatic heterocycles. The summed E-state index contributed by atoms with van der Waals surface area (Å²) in [5, 5.41) is 11.4. The Morgan fingerprint density at radius 3 is 2.45 bits per heavy atom. The first kappa shape index (κ1) is 22.1. The number of ether oxygens (including phenoxy) is 1. The number of carbonyl (C=O) groups is 1. The van der Waals surface area contributed by atoms with Gasteiger partial charge in [-0.25, -0.2) is 9.78 Å². The first-order valence-corrected chi connectivity index (χ1v) is 9.09. The van der Waals surface area contributed by atoms with E-state index >= 15 is 0 Å². The van der Waals surface area contributed by atoms with Crippen LogP contribution in [-0.2, 0) is 6.18 Å². The Balaban J connectivity index is 2.42. The van der Waals surface area contributed by atoms with E-state index in [9.17, 15) is 28.1 Å². The zero-order valence-electron chi connectivity index (χ0n) is 15.4. The third-order valence-corrected chi connectivity index (χ3v) is 4.15. The van der Waals surface area contributed by atoms with Gasteiger partial charge in [0.2, 0.25) is 5.88 Å². The van der Waals surface area contributed by atoms with Crippen LogP contribution in [-0.4, -0.2) is 46.2 Å². The first-order valence-electron chi connectivity index (χ1n) is 7.86. The number of alkyl halides is 3. The number of aliphatic imine (C=N–C) groups is 1. The number of nitro benzene ring substituents is 1. The zero-order chi connectivity index (χ0) is 21.8. The molecule has 1 aromatic heterocycles. The average Bonchev–Trinajstić information content (AvgIpc) is 2.65. The molecule has 0 N–H and O–H groups in total. The normalized spacial score (nSPS) is 11.9. The SMILES string of the molecule is CSC(=NC(=O)N(C)C)c1cc(Oc2ccc(C(F)(F)F)cn2)ccc1[N+](=O)[O-]. The molecule has 2 aromatic rings. The molecule has 0 aliphatic carbocycles. The molecule has 0 atom stereocenters. The van der Waals surface area contributed by atoms with Gasteiger partial charge >= 0.3 is 12.2 Å². The average molecular weight is 428 g/mol. The van der Waals surface area contributed by atoms with Crippen molar-refractivity contribution in [3.63, 3.8) is 0 Å². The molecule has 12 heteroatoms. The van der Waals surface area contributed by atoms with Crippen molar-refractivity contribution < 1.29 is 27.6 Å². The van der Waals surface area contributed by atoms with Crippen molar-refractivity contribution >= 4 is 28.5 Å². The Morgan fingerprint density at radius 1 is 1.28 bits per heavy atom. The van der Waals surface area contributed by atoms with Crippen LogP contribution in [0.1, 0.15) is 11.1 Å². The Kier molecular flexibility index (Phi) is 6.80. The van der Waals surface area contributed by atoms with Crippen LogP contribution in [0.5, 0.6) is 11.6 Å². The molecule has 0 aliphatic rings. The van der Waals surface area contributed by atoms with Gasteiger partial charge in [0.25, 0.3) is 5.69 Å². The number of benzene rings is 1. The second-order valence-electron chi connectivity index (χ2n) is 5.72. The van der Waals surface area contributed by atoms with Gasteiger partial charge in [0.1, 0.15) is 10.8 Å². The van der Waals surface area contributed by atoms with Gasteiger partial charge in [0.05, 0.1) is 16.1 Å². The maximum absolute atomic E-state index is 12.6. The third kappa shape index (κ3) is 5.67. The third-order valence-electron chi connectivity index (χ3n) is 3.45. The minimum absolute atomic E-state index is 0.0297. The van der Waals surface area contributed by atoms with Gasteiger partial charge < -0.3 is 9.64 Å². The molecule has 0 radical (unpaired) electrons. The van der Waals surface area contributed by atoms with E-state index in [-0.39, 0.29) is 27.9 Å². The maximum atomic E-state index is 12.6. The molecule has 2 amide bonds. The molecular weight excluding hydrogens is 413 g/mol. The number of carbonyl (C=O) groups excluding carboxylic acids is 1. The van der Waals surface area contributed by atoms with Crippen molar-refractivity contribution in [1.29, 1.82) is 0 Å². The largest absolute Gasteiger partial charge is 0.439 e. The van der Waals surface area contributed by atoms with Crippen LogP contribution in [0, 0.1) is 10.1 Å². The highest BCUT2D eigenvalue weighted by Crippen LogP contribution is 2.32. The zero-order valence-corrected chi connectivity index (χ0v) is 16.2. The standard InChI is InChI=1S/C17H15F3N4O4S/c1-23(2)16(25)22-15(29-3)12-8-11(5-6-13(12)24(26)27)28-14-7-4-10(9-21-14)17(18,19)20/h4-9H,1-3H3. The molecule has 0 unspecified atom stereocenters. The number of hydrogen-bond donors (Lipinski definition) is 0. The molecule has 29 heavy (non-hydrogen) atoms. The van der Waals surface area contributed by atoms with E-state index in [1.165, 1.54) is 31.1 Å². The lowest BCUT2D eigenvalue weighted by molar-refractivity contribution is -0.385. The fraction of sp³-hybridized carbons (Fsp3) is 0.235. The fourth-order valence-electron chi connectivity index (χ4n) is 2.04. The summed E-state index contributed by atoms with van der Waals surface area (Å²) in [6, 6.07) is 4.92. The van der Waals surface area contributed by atoms with Crippen LogP contribution < -0.4 is 4.74 Å². The van der Waals surface area contributed by atoms with E-state index in [4.69, 9.17) is 4.74 Å². The maximum Gasteiger partial charge on any atom is 0.417 e. The van der Waals surface area contributed by atoms with Crippen LogP contribution in [0.25, 0.3) is 0 Å². The van der Waals surface area contributed by atoms with E-state index in [1.54, 1.807) is 6.26 Å². The predicted octanol–water partition coefficient (Wildman–Crippen LogP) is 4.59. The number of aromatic nitrogens is 1. The number of halogens is 3. The molecule has 0 saturated carbocycles. The number of hydrogen-bond acceptors (Lipinski definition) is 6. The van der Waals surface area contributed by atoms with Crippen molar-refractivity contribution in [2.75, 3.05) is 20.4 Å². The fourth-order valence-corrected chi connectivity index (χ4v) is 2.59. The Morgan fingerprint density at radius 2 is 1.97 bits per heavy atom. The van der Waals surface area contributed by atoms with Gasteiger partial charge in [0, 0.05) is 32.4 Å². The molecule has 0 spiro atoms. The van der Waals surface area contributed by atoms with Gasteiger partial charge in [0.15, 0.2) is 0 Å². The van der Waals surface area contributed by atoms with Crippen LogP contribution in [0.15, 0.2) is 41.5 Å². The number of urea groups is 1. The number of rotatable bonds is 4. The van der Waals surface area contributed by atoms with E-state index in [1.807, 2.05) is 0 Å². The highest BCUT2D eigenvalue weighted by Gasteiger charge is 2.30. The lowest BCUT2D eigenvalue weighted by Gasteiger charge is -2.11. The van der Waals surface area contributed by atoms with E-state index in [0.717, 1.165) is 30.0 Å². The molecule has 1 heterocycles. The predicted molar refractivity (Wildman–Crippen MR) is 102 cm³/mol. The Bertz CT molecular complexity index is 947. The summed E-state index contributed by atoms with van der Waals surface area (Å²) in [4.78, 5) is 31.2. The summed E-state index contributed by atoms with van der Waals surface area (Å²) in [6.45, 7) is 0. The number of nitro groups is 1. The monoisotopic (exact) mass is 428 g/mol. The summed E-state index contributed by atoms with van der Waals surface area (Å²) in [5.74, 6) is -0.0540. The summed E-state index contributed by atoms with van der Waals surface area (Å²) in [6.07, 6.45) is -2.32. The molecular formula is C17H15F3N4O4S. The number of nitrogens with zero attached hydrogens (tertiary/aromatic N) is 4. The minimum atomic E-state index is -4.53. The summed E-state index contributed by atoms with van der Waals surface area (Å²) >= 11 is 1.02. The highest BCUT2D eigenvalue weighted by molar-refractivity contribution is 8.13. The van der Waals surface area contributed by atoms with Gasteiger partial charge in [-0.1, -0.05) is 0 Å². The first-order chi connectivity index (χ1) is 13.5. The van der Waals surface area contributed by atoms with E-state index in [0.29, 0.717) is 6.20 Å². The number of pyridine rings is 1. The summed E-state index contributed by atoms with van der Waals surface area (Å²) in [7, 11) is 2.96. The molecule has 1 aromatic carbocycles. The van der Waals surface area contributed by atoms with Gasteiger partial charge in [-0.05, 0) is 24.5 Å². The van der Waals surface area contributed by atoms with Crippen LogP contribution in [0.4, 0.5) is 23.7 Å². The van der Waals surface area contributed by atoms with Crippen LogP contribution in [0.3, 0.4) is 0 Å². The molecule has 0 fully saturated rings. The van der Waals surface area contributed by atoms with Crippen molar-refractivity contribution in [1.82, 2.24) is 9.88 Å². The van der Waals surface area contributed by atoms with Crippen molar-refractivity contribution in [3.05, 3.63) is 57.8 Å². The van der Waals surface area contributed by atoms with Gasteiger partial charge in [-0.15, -0.1) is 11.8 Å². The molecule has 0 bridgehead atoms. The van der Waals surface area contributed by atoms with Crippen LogP contribution >= 0.6 is 11.8 Å². The second kappa shape index (κ2) is 8.90. The topological polar surface area (TPSA) is 97.9 Å². The van der Waals surface area contributed by atoms with Gasteiger partial charge in [-0.2, -0.15) is 18.2 Å². The second-order valence-corrected chi connectivity index (χ2v) is 6.51. The summed E-state index contributed by atoms with van der Waals surface area (Å²) < 4.78 is 43.3. The summed E-state index contributed by atoms with van der Waals surface area (Å²) in [5.41, 5.74) is -1.22. The molecule has 0 saturated heterocycles. The highest BCUT2D eigenvalue weighted by atomic mass is 32.2. The Labute approximate surface area is 167 Å². The van der Waals surface area contributed by atoms with Crippen molar-refractivity contribution in [2.45, 2.75) is 6.18 Å².